The van der Waals surface area contributed by atoms with Gasteiger partial charge in [-0.25, -0.2) is 0 Å². The second-order valence-electron chi connectivity index (χ2n) is 5.17. The number of aliphatic imine (C=N–C) groups is 1. The van der Waals surface area contributed by atoms with E-state index >= 15 is 0 Å². The highest BCUT2D eigenvalue weighted by Crippen LogP contribution is 2.22. The molecule has 17 heavy (non-hydrogen) atoms. The van der Waals surface area contributed by atoms with E-state index in [1.165, 1.54) is 37.9 Å². The van der Waals surface area contributed by atoms with E-state index in [-0.39, 0.29) is 0 Å². The molecule has 0 amide bonds. The van der Waals surface area contributed by atoms with Gasteiger partial charge < -0.3 is 10.2 Å². The summed E-state index contributed by atoms with van der Waals surface area (Å²) in [6, 6.07) is 1.47. The van der Waals surface area contributed by atoms with Crippen LogP contribution in [0.2, 0.25) is 0 Å². The molecular weight excluding hydrogens is 230 g/mol. The molecule has 98 valence electrons. The maximum atomic E-state index is 4.66. The van der Waals surface area contributed by atoms with Gasteiger partial charge in [-0.3, -0.25) is 4.99 Å². The molecule has 1 aliphatic carbocycles. The van der Waals surface area contributed by atoms with Crippen LogP contribution in [-0.2, 0) is 0 Å². The molecule has 1 unspecified atom stereocenters. The Bertz CT molecular complexity index is 261. The molecule has 1 N–H and O–H groups in total. The fraction of sp³-hybridized carbons (Fsp3) is 0.923. The van der Waals surface area contributed by atoms with Crippen LogP contribution in [-0.4, -0.2) is 48.0 Å². The van der Waals surface area contributed by atoms with Crippen LogP contribution in [0.25, 0.3) is 0 Å². The summed E-state index contributed by atoms with van der Waals surface area (Å²) >= 11 is 1.88. The summed E-state index contributed by atoms with van der Waals surface area (Å²) < 4.78 is 0. The fourth-order valence-corrected chi connectivity index (χ4v) is 3.70. The Balaban J connectivity index is 1.66. The first kappa shape index (κ1) is 13.2. The van der Waals surface area contributed by atoms with Gasteiger partial charge in [-0.1, -0.05) is 31.5 Å². The van der Waals surface area contributed by atoms with E-state index in [4.69, 9.17) is 0 Å². The van der Waals surface area contributed by atoms with Gasteiger partial charge in [0.1, 0.15) is 0 Å². The largest absolute Gasteiger partial charge is 0.361 e. The summed E-state index contributed by atoms with van der Waals surface area (Å²) in [6.07, 6.45) is 6.81. The van der Waals surface area contributed by atoms with Crippen molar-refractivity contribution in [3.05, 3.63) is 0 Å². The van der Waals surface area contributed by atoms with Crippen LogP contribution in [0.4, 0.5) is 0 Å². The summed E-state index contributed by atoms with van der Waals surface area (Å²) in [6.45, 7) is 4.28. The Kier molecular flexibility index (Phi) is 5.16. The highest BCUT2D eigenvalue weighted by Gasteiger charge is 2.20. The van der Waals surface area contributed by atoms with E-state index in [1.807, 2.05) is 11.8 Å². The average Bonchev–Trinajstić information content (AvgIpc) is 3.00. The third kappa shape index (κ3) is 3.88. The van der Waals surface area contributed by atoms with Crippen molar-refractivity contribution in [2.45, 2.75) is 51.1 Å². The number of thioether (sulfide) groups is 1. The van der Waals surface area contributed by atoms with Crippen molar-refractivity contribution < 1.29 is 0 Å². The van der Waals surface area contributed by atoms with Crippen LogP contribution in [0.3, 0.4) is 0 Å². The molecule has 1 saturated carbocycles. The van der Waals surface area contributed by atoms with Crippen molar-refractivity contribution in [2.24, 2.45) is 4.99 Å². The fourth-order valence-electron chi connectivity index (χ4n) is 2.59. The molecule has 3 nitrogen and oxygen atoms in total. The predicted molar refractivity (Wildman–Crippen MR) is 76.9 cm³/mol. The van der Waals surface area contributed by atoms with Crippen molar-refractivity contribution in [1.29, 1.82) is 0 Å². The molecule has 4 heteroatoms. The lowest BCUT2D eigenvalue weighted by atomic mass is 10.2. The molecule has 1 atom stereocenters. The number of amidine groups is 1. The average molecular weight is 255 g/mol. The molecule has 1 aliphatic heterocycles. The Morgan fingerprint density at radius 2 is 2.18 bits per heavy atom. The zero-order valence-electron chi connectivity index (χ0n) is 11.1. The molecular formula is C13H25N3S. The Labute approximate surface area is 109 Å². The van der Waals surface area contributed by atoms with E-state index in [9.17, 15) is 0 Å². The minimum atomic E-state index is 0.645. The van der Waals surface area contributed by atoms with Crippen molar-refractivity contribution in [3.8, 4) is 0 Å². The van der Waals surface area contributed by atoms with Crippen molar-refractivity contribution in [1.82, 2.24) is 10.2 Å². The number of nitrogens with one attached hydrogen (secondary N) is 1. The number of hydrogen-bond donors (Lipinski definition) is 1. The first-order valence-corrected chi connectivity index (χ1v) is 7.92. The van der Waals surface area contributed by atoms with Gasteiger partial charge in [-0.2, -0.15) is 0 Å². The quantitative estimate of drug-likeness (QED) is 0.817. The van der Waals surface area contributed by atoms with Gasteiger partial charge in [0.05, 0.1) is 6.54 Å². The maximum absolute atomic E-state index is 4.66. The summed E-state index contributed by atoms with van der Waals surface area (Å²) in [5.74, 6) is 1.19. The molecule has 0 aromatic carbocycles. The number of likely N-dealkylation sites (N-methyl/N-ethyl adjacent to an activating group) is 1. The van der Waals surface area contributed by atoms with Gasteiger partial charge in [0, 0.05) is 24.4 Å². The van der Waals surface area contributed by atoms with Crippen molar-refractivity contribution >= 4 is 16.9 Å². The minimum absolute atomic E-state index is 0.645. The monoisotopic (exact) mass is 255 g/mol. The molecule has 1 heterocycles. The topological polar surface area (TPSA) is 27.6 Å². The molecule has 2 rings (SSSR count). The van der Waals surface area contributed by atoms with E-state index in [0.717, 1.165) is 24.3 Å². The number of nitrogens with zero attached hydrogens (tertiary/aromatic N) is 2. The highest BCUT2D eigenvalue weighted by atomic mass is 32.2. The number of rotatable bonds is 5. The van der Waals surface area contributed by atoms with E-state index in [2.05, 4.69) is 29.2 Å². The summed E-state index contributed by atoms with van der Waals surface area (Å²) in [5, 5.41) is 4.64. The summed E-state index contributed by atoms with van der Waals surface area (Å²) in [5.41, 5.74) is 0. The molecule has 1 saturated heterocycles. The second kappa shape index (κ2) is 6.64. The molecule has 0 aromatic rings. The normalized spacial score (nSPS) is 28.2. The molecule has 2 aliphatic rings. The molecule has 0 radical (unpaired) electrons. The molecule has 2 fully saturated rings. The van der Waals surface area contributed by atoms with Crippen LogP contribution in [0.1, 0.15) is 39.0 Å². The second-order valence-corrected chi connectivity index (χ2v) is 6.17. The first-order chi connectivity index (χ1) is 8.29. The standard InChI is InChI=1S/C13H25N3S/c1-3-11-10-17-13(15-11)14-8-9-16(2)12-6-4-5-7-12/h11-12H,3-10H2,1-2H3,(H,14,15). The lowest BCUT2D eigenvalue weighted by Gasteiger charge is -2.22. The SMILES string of the molecule is CCC1CSC(=NCCN(C)C2CCCC2)N1. The smallest absolute Gasteiger partial charge is 0.156 e. The van der Waals surface area contributed by atoms with Crippen molar-refractivity contribution in [2.75, 3.05) is 25.9 Å². The van der Waals surface area contributed by atoms with E-state index < -0.39 is 0 Å². The van der Waals surface area contributed by atoms with Gasteiger partial charge in [0.2, 0.25) is 0 Å². The zero-order chi connectivity index (χ0) is 12.1. The van der Waals surface area contributed by atoms with Gasteiger partial charge in [0.15, 0.2) is 5.17 Å². The Morgan fingerprint density at radius 1 is 1.41 bits per heavy atom. The van der Waals surface area contributed by atoms with Gasteiger partial charge in [-0.05, 0) is 26.3 Å². The summed E-state index contributed by atoms with van der Waals surface area (Å²) in [7, 11) is 2.25. The minimum Gasteiger partial charge on any atom is -0.361 e. The van der Waals surface area contributed by atoms with Crippen LogP contribution in [0.5, 0.6) is 0 Å². The van der Waals surface area contributed by atoms with Gasteiger partial charge in [0.25, 0.3) is 0 Å². The Hall–Kier alpha value is -0.220. The molecule has 0 bridgehead atoms. The summed E-state index contributed by atoms with van der Waals surface area (Å²) in [4.78, 5) is 7.15. The van der Waals surface area contributed by atoms with E-state index in [0.29, 0.717) is 6.04 Å². The first-order valence-electron chi connectivity index (χ1n) is 6.93. The number of hydrogen-bond acceptors (Lipinski definition) is 3. The third-order valence-corrected chi connectivity index (χ3v) is 4.99. The van der Waals surface area contributed by atoms with Crippen molar-refractivity contribution in [3.63, 3.8) is 0 Å². The van der Waals surface area contributed by atoms with Gasteiger partial charge >= 0.3 is 0 Å². The lowest BCUT2D eigenvalue weighted by Crippen LogP contribution is -2.32. The van der Waals surface area contributed by atoms with Crippen LogP contribution in [0, 0.1) is 0 Å². The predicted octanol–water partition coefficient (Wildman–Crippen LogP) is 2.33. The van der Waals surface area contributed by atoms with Crippen LogP contribution in [0.15, 0.2) is 4.99 Å². The lowest BCUT2D eigenvalue weighted by molar-refractivity contribution is 0.252. The van der Waals surface area contributed by atoms with Gasteiger partial charge in [-0.15, -0.1) is 0 Å². The molecule has 0 spiro atoms. The highest BCUT2D eigenvalue weighted by molar-refractivity contribution is 8.14. The third-order valence-electron chi connectivity index (χ3n) is 3.90. The maximum Gasteiger partial charge on any atom is 0.156 e. The van der Waals surface area contributed by atoms with E-state index in [1.54, 1.807) is 0 Å². The van der Waals surface area contributed by atoms with Crippen LogP contribution < -0.4 is 5.32 Å². The van der Waals surface area contributed by atoms with Crippen LogP contribution >= 0.6 is 11.8 Å². The zero-order valence-corrected chi connectivity index (χ0v) is 11.9. The Morgan fingerprint density at radius 3 is 2.82 bits per heavy atom. The molecule has 0 aromatic heterocycles.